The van der Waals surface area contributed by atoms with Gasteiger partial charge in [-0.3, -0.25) is 0 Å². The van der Waals surface area contributed by atoms with Gasteiger partial charge in [0.05, 0.1) is 0 Å². The van der Waals surface area contributed by atoms with Crippen LogP contribution >= 0.6 is 22.6 Å². The number of halogens is 1. The van der Waals surface area contributed by atoms with Gasteiger partial charge >= 0.3 is 0 Å². The molecule has 0 saturated carbocycles. The average Bonchev–Trinajstić information content (AvgIpc) is 2.39. The van der Waals surface area contributed by atoms with Gasteiger partial charge in [-0.1, -0.05) is 42.5 Å². The second-order valence-corrected chi connectivity index (χ2v) is 6.00. The smallest absolute Gasteiger partial charge is 0.00907 e. The zero-order chi connectivity index (χ0) is 11.7. The van der Waals surface area contributed by atoms with Crippen molar-refractivity contribution in [2.24, 2.45) is 0 Å². The van der Waals surface area contributed by atoms with Crippen LogP contribution in [-0.4, -0.2) is 0 Å². The van der Waals surface area contributed by atoms with Gasteiger partial charge in [0, 0.05) is 0 Å². The quantitative estimate of drug-likeness (QED) is 0.690. The Balaban J connectivity index is 2.19. The molecule has 0 radical (unpaired) electrons. The highest BCUT2D eigenvalue weighted by Gasteiger charge is 2.11. The van der Waals surface area contributed by atoms with Crippen LogP contribution in [0.4, 0.5) is 0 Å². The molecule has 0 atom stereocenters. The molecule has 1 aromatic rings. The number of allylic oxidation sites excluding steroid dienone is 4. The van der Waals surface area contributed by atoms with Crippen LogP contribution in [0.15, 0.2) is 45.6 Å². The maximum Gasteiger partial charge on any atom is -0.00907 e. The predicted octanol–water partition coefficient (Wildman–Crippen LogP) is 3.45. The van der Waals surface area contributed by atoms with Crippen LogP contribution < -0.4 is 10.4 Å². The van der Waals surface area contributed by atoms with Gasteiger partial charge in [-0.05, 0) is 73.4 Å². The molecule has 0 bridgehead atoms. The van der Waals surface area contributed by atoms with E-state index in [-0.39, 0.29) is 0 Å². The summed E-state index contributed by atoms with van der Waals surface area (Å²) < 4.78 is 1.47. The number of hydrogen-bond acceptors (Lipinski definition) is 0. The minimum Gasteiger partial charge on any atom is -0.0763 e. The van der Waals surface area contributed by atoms with Gasteiger partial charge in [-0.15, -0.1) is 0 Å². The topological polar surface area (TPSA) is 0 Å². The summed E-state index contributed by atoms with van der Waals surface area (Å²) in [6.07, 6.45) is 11.8. The third kappa shape index (κ3) is 2.25. The van der Waals surface area contributed by atoms with Crippen molar-refractivity contribution in [3.8, 4) is 0 Å². The summed E-state index contributed by atoms with van der Waals surface area (Å²) in [7, 11) is 0. The number of benzene rings is 1. The van der Waals surface area contributed by atoms with E-state index in [0.717, 1.165) is 0 Å². The Labute approximate surface area is 116 Å². The molecular formula is C16H15I. The van der Waals surface area contributed by atoms with Crippen LogP contribution in [0.5, 0.6) is 0 Å². The lowest BCUT2D eigenvalue weighted by atomic mass is 9.89. The summed E-state index contributed by atoms with van der Waals surface area (Å²) in [6, 6.07) is 8.79. The van der Waals surface area contributed by atoms with E-state index in [9.17, 15) is 0 Å². The number of rotatable bonds is 1. The fourth-order valence-electron chi connectivity index (χ4n) is 2.65. The van der Waals surface area contributed by atoms with Gasteiger partial charge < -0.3 is 0 Å². The summed E-state index contributed by atoms with van der Waals surface area (Å²) in [4.78, 5) is 0. The van der Waals surface area contributed by atoms with Crippen molar-refractivity contribution in [3.05, 3.63) is 56.0 Å². The first-order valence-electron chi connectivity index (χ1n) is 6.18. The third-order valence-electron chi connectivity index (χ3n) is 3.53. The molecule has 0 amide bonds. The summed E-state index contributed by atoms with van der Waals surface area (Å²) in [6.45, 7) is 0. The van der Waals surface area contributed by atoms with E-state index in [1.807, 2.05) is 0 Å². The minimum absolute atomic E-state index is 1.19. The van der Waals surface area contributed by atoms with Gasteiger partial charge in [0.2, 0.25) is 0 Å². The normalized spacial score (nSPS) is 19.0. The lowest BCUT2D eigenvalue weighted by Crippen LogP contribution is -2.29. The molecule has 0 aromatic heterocycles. The highest BCUT2D eigenvalue weighted by molar-refractivity contribution is 14.1. The first-order valence-corrected chi connectivity index (χ1v) is 7.26. The molecule has 2 aliphatic rings. The molecule has 0 unspecified atom stereocenters. The Kier molecular flexibility index (Phi) is 3.19. The second-order valence-electron chi connectivity index (χ2n) is 4.61. The van der Waals surface area contributed by atoms with Gasteiger partial charge in [0.15, 0.2) is 0 Å². The molecule has 17 heavy (non-hydrogen) atoms. The molecule has 0 nitrogen and oxygen atoms in total. The van der Waals surface area contributed by atoms with Gasteiger partial charge in [0.1, 0.15) is 0 Å². The van der Waals surface area contributed by atoms with Crippen molar-refractivity contribution in [1.29, 1.82) is 0 Å². The maximum atomic E-state index is 2.44. The van der Waals surface area contributed by atoms with Crippen molar-refractivity contribution in [2.45, 2.75) is 25.7 Å². The van der Waals surface area contributed by atoms with Crippen LogP contribution in [0.1, 0.15) is 25.7 Å². The largest absolute Gasteiger partial charge is 0.0763 e. The minimum atomic E-state index is 1.19. The Hall–Kier alpha value is -0.830. The second kappa shape index (κ2) is 4.81. The van der Waals surface area contributed by atoms with Gasteiger partial charge in [-0.2, -0.15) is 0 Å². The molecule has 1 heteroatoms. The van der Waals surface area contributed by atoms with Crippen molar-refractivity contribution in [1.82, 2.24) is 0 Å². The molecule has 0 heterocycles. The Morgan fingerprint density at radius 3 is 2.65 bits per heavy atom. The number of hydrogen-bond donors (Lipinski definition) is 0. The van der Waals surface area contributed by atoms with Crippen LogP contribution in [-0.2, 0) is 0 Å². The van der Waals surface area contributed by atoms with E-state index in [1.165, 1.54) is 39.7 Å². The highest BCUT2D eigenvalue weighted by Crippen LogP contribution is 2.29. The Bertz CT molecular complexity index is 617. The SMILES string of the molecule is IC1=CC=C(C2=c3ccccc3=CCC2)CC1. The van der Waals surface area contributed by atoms with Gasteiger partial charge in [0.25, 0.3) is 0 Å². The summed E-state index contributed by atoms with van der Waals surface area (Å²) in [5.41, 5.74) is 3.12. The molecule has 0 saturated heterocycles. The molecule has 0 aliphatic heterocycles. The van der Waals surface area contributed by atoms with Crippen LogP contribution in [0.3, 0.4) is 0 Å². The molecular weight excluding hydrogens is 319 g/mol. The molecule has 0 N–H and O–H groups in total. The monoisotopic (exact) mass is 334 g/mol. The van der Waals surface area contributed by atoms with E-state index in [4.69, 9.17) is 0 Å². The summed E-state index contributed by atoms with van der Waals surface area (Å²) in [5.74, 6) is 0. The van der Waals surface area contributed by atoms with Crippen LogP contribution in [0.2, 0.25) is 0 Å². The number of fused-ring (bicyclic) bond motifs is 1. The standard InChI is InChI=1S/C16H15I/c17-14-10-8-13(9-11-14)16-7-3-5-12-4-1-2-6-15(12)16/h1-2,4-6,8,10H,3,7,9,11H2. The van der Waals surface area contributed by atoms with E-state index in [0.29, 0.717) is 0 Å². The summed E-state index contributed by atoms with van der Waals surface area (Å²) in [5, 5.41) is 2.87. The van der Waals surface area contributed by atoms with E-state index >= 15 is 0 Å². The van der Waals surface area contributed by atoms with Crippen LogP contribution in [0.25, 0.3) is 11.6 Å². The fourth-order valence-corrected chi connectivity index (χ4v) is 3.10. The van der Waals surface area contributed by atoms with Crippen molar-refractivity contribution in [3.63, 3.8) is 0 Å². The maximum absolute atomic E-state index is 2.44. The molecule has 0 spiro atoms. The lowest BCUT2D eigenvalue weighted by molar-refractivity contribution is 0.955. The van der Waals surface area contributed by atoms with E-state index in [2.05, 4.69) is 65.1 Å². The average molecular weight is 334 g/mol. The molecule has 2 aliphatic carbocycles. The predicted molar refractivity (Wildman–Crippen MR) is 82.2 cm³/mol. The third-order valence-corrected chi connectivity index (χ3v) is 4.43. The molecule has 1 aromatic carbocycles. The zero-order valence-electron chi connectivity index (χ0n) is 9.75. The fraction of sp³-hybridized carbons (Fsp3) is 0.250. The van der Waals surface area contributed by atoms with Crippen molar-refractivity contribution < 1.29 is 0 Å². The zero-order valence-corrected chi connectivity index (χ0v) is 11.9. The Morgan fingerprint density at radius 1 is 0.941 bits per heavy atom. The first-order chi connectivity index (χ1) is 8.34. The summed E-state index contributed by atoms with van der Waals surface area (Å²) >= 11 is 2.44. The first kappa shape index (κ1) is 11.3. The van der Waals surface area contributed by atoms with Gasteiger partial charge in [-0.25, -0.2) is 0 Å². The highest BCUT2D eigenvalue weighted by atomic mass is 127. The Morgan fingerprint density at radius 2 is 1.82 bits per heavy atom. The van der Waals surface area contributed by atoms with Crippen molar-refractivity contribution >= 4 is 34.2 Å². The van der Waals surface area contributed by atoms with E-state index in [1.54, 1.807) is 11.1 Å². The van der Waals surface area contributed by atoms with Crippen LogP contribution in [0, 0.1) is 0 Å². The molecule has 3 rings (SSSR count). The van der Waals surface area contributed by atoms with Crippen molar-refractivity contribution in [2.75, 3.05) is 0 Å². The lowest BCUT2D eigenvalue weighted by Gasteiger charge is -2.17. The van der Waals surface area contributed by atoms with E-state index < -0.39 is 0 Å². The molecule has 86 valence electrons. The molecule has 0 fully saturated rings.